The zero-order valence-corrected chi connectivity index (χ0v) is 24.3. The molecule has 0 fully saturated rings. The lowest BCUT2D eigenvalue weighted by atomic mass is 9.99. The zero-order chi connectivity index (χ0) is 25.0. The Bertz CT molecular complexity index is 422. The lowest BCUT2D eigenvalue weighted by Gasteiger charge is -2.24. The van der Waals surface area contributed by atoms with E-state index in [1.54, 1.807) is 0 Å². The van der Waals surface area contributed by atoms with E-state index in [1.165, 1.54) is 148 Å². The van der Waals surface area contributed by atoms with E-state index in [2.05, 4.69) is 57.1 Å². The molecular formula is C33H65N. The average Bonchev–Trinajstić information content (AvgIpc) is 2.83. The lowest BCUT2D eigenvalue weighted by molar-refractivity contribution is 0.251. The average molecular weight is 476 g/mol. The van der Waals surface area contributed by atoms with Gasteiger partial charge in [0.05, 0.1) is 0 Å². The number of unbranched alkanes of at least 4 members (excludes halogenated alkanes) is 18. The van der Waals surface area contributed by atoms with E-state index >= 15 is 0 Å². The Kier molecular flexibility index (Phi) is 28.2. The van der Waals surface area contributed by atoms with Gasteiger partial charge in [-0.1, -0.05) is 147 Å². The first-order valence-corrected chi connectivity index (χ1v) is 15.7. The molecule has 1 unspecified atom stereocenters. The summed E-state index contributed by atoms with van der Waals surface area (Å²) in [5.74, 6) is 0. The normalized spacial score (nSPS) is 13.1. The fourth-order valence-corrected chi connectivity index (χ4v) is 4.90. The van der Waals surface area contributed by atoms with Crippen molar-refractivity contribution in [2.24, 2.45) is 0 Å². The van der Waals surface area contributed by atoms with Crippen molar-refractivity contribution >= 4 is 0 Å². The van der Waals surface area contributed by atoms with Crippen molar-refractivity contribution in [3.63, 3.8) is 0 Å². The quantitative estimate of drug-likeness (QED) is 0.0843. The van der Waals surface area contributed by atoms with Crippen molar-refractivity contribution < 1.29 is 0 Å². The first kappa shape index (κ1) is 33.4. The smallest absolute Gasteiger partial charge is 0.00891 e. The standard InChI is InChI=1S/C33H65N/c1-5-7-9-11-13-14-15-16-17-18-19-20-21-22-23-24-26-28-30-32-33(34(3)4)31-29-27-25-12-10-8-6-2/h13-14,16-17,33H,5-12,15,18-32H2,1-4H3/b14-13-,17-16?. The first-order chi connectivity index (χ1) is 16.7. The predicted molar refractivity (Wildman–Crippen MR) is 158 cm³/mol. The molecule has 0 rings (SSSR count). The minimum Gasteiger partial charge on any atom is -0.306 e. The molecule has 0 amide bonds. The van der Waals surface area contributed by atoms with Crippen LogP contribution in [0.2, 0.25) is 0 Å². The molecule has 0 saturated carbocycles. The molecule has 0 aromatic rings. The van der Waals surface area contributed by atoms with Crippen LogP contribution in [0.3, 0.4) is 0 Å². The molecule has 1 atom stereocenters. The molecular weight excluding hydrogens is 410 g/mol. The molecule has 0 heterocycles. The van der Waals surface area contributed by atoms with E-state index in [4.69, 9.17) is 0 Å². The highest BCUT2D eigenvalue weighted by molar-refractivity contribution is 4.92. The van der Waals surface area contributed by atoms with E-state index in [-0.39, 0.29) is 0 Å². The maximum Gasteiger partial charge on any atom is 0.00891 e. The molecule has 34 heavy (non-hydrogen) atoms. The van der Waals surface area contributed by atoms with Crippen LogP contribution in [0.5, 0.6) is 0 Å². The molecule has 0 radical (unpaired) electrons. The molecule has 1 heteroatoms. The van der Waals surface area contributed by atoms with E-state index in [9.17, 15) is 0 Å². The Morgan fingerprint density at radius 3 is 1.24 bits per heavy atom. The maximum atomic E-state index is 2.48. The van der Waals surface area contributed by atoms with Crippen LogP contribution in [0.25, 0.3) is 0 Å². The Hall–Kier alpha value is -0.560. The number of rotatable bonds is 27. The van der Waals surface area contributed by atoms with Crippen LogP contribution in [0.4, 0.5) is 0 Å². The summed E-state index contributed by atoms with van der Waals surface area (Å²) >= 11 is 0. The Balaban J connectivity index is 3.42. The molecule has 0 spiro atoms. The fourth-order valence-electron chi connectivity index (χ4n) is 4.90. The second kappa shape index (κ2) is 28.7. The first-order valence-electron chi connectivity index (χ1n) is 15.7. The largest absolute Gasteiger partial charge is 0.306 e. The Morgan fingerprint density at radius 2 is 0.794 bits per heavy atom. The van der Waals surface area contributed by atoms with E-state index in [1.807, 2.05) is 0 Å². The van der Waals surface area contributed by atoms with E-state index < -0.39 is 0 Å². The summed E-state index contributed by atoms with van der Waals surface area (Å²) in [6, 6.07) is 0.812. The molecule has 0 aromatic heterocycles. The predicted octanol–water partition coefficient (Wildman–Crippen LogP) is 11.4. The minimum absolute atomic E-state index is 0.812. The monoisotopic (exact) mass is 476 g/mol. The van der Waals surface area contributed by atoms with Gasteiger partial charge in [-0.25, -0.2) is 0 Å². The van der Waals surface area contributed by atoms with Crippen molar-refractivity contribution in [3.05, 3.63) is 24.3 Å². The summed E-state index contributed by atoms with van der Waals surface area (Å²) in [4.78, 5) is 2.48. The van der Waals surface area contributed by atoms with Gasteiger partial charge in [-0.2, -0.15) is 0 Å². The van der Waals surface area contributed by atoms with Crippen molar-refractivity contribution in [3.8, 4) is 0 Å². The van der Waals surface area contributed by atoms with E-state index in [0.29, 0.717) is 0 Å². The van der Waals surface area contributed by atoms with Crippen LogP contribution in [0.15, 0.2) is 24.3 Å². The minimum atomic E-state index is 0.812. The van der Waals surface area contributed by atoms with Crippen LogP contribution >= 0.6 is 0 Å². The van der Waals surface area contributed by atoms with Crippen LogP contribution in [-0.2, 0) is 0 Å². The molecule has 0 aliphatic carbocycles. The van der Waals surface area contributed by atoms with Gasteiger partial charge in [-0.15, -0.1) is 0 Å². The Morgan fingerprint density at radius 1 is 0.441 bits per heavy atom. The summed E-state index contributed by atoms with van der Waals surface area (Å²) in [6.07, 6.45) is 42.9. The van der Waals surface area contributed by atoms with Crippen molar-refractivity contribution in [2.45, 2.75) is 174 Å². The van der Waals surface area contributed by atoms with E-state index in [0.717, 1.165) is 12.5 Å². The zero-order valence-electron chi connectivity index (χ0n) is 24.3. The Labute approximate surface area is 217 Å². The van der Waals surface area contributed by atoms with Crippen molar-refractivity contribution in [1.82, 2.24) is 4.90 Å². The summed E-state index contributed by atoms with van der Waals surface area (Å²) in [7, 11) is 4.57. The summed E-state index contributed by atoms with van der Waals surface area (Å²) in [5.41, 5.74) is 0. The molecule has 1 nitrogen and oxygen atoms in total. The lowest BCUT2D eigenvalue weighted by Crippen LogP contribution is -2.27. The third kappa shape index (κ3) is 26.1. The molecule has 0 N–H and O–H groups in total. The van der Waals surface area contributed by atoms with Gasteiger partial charge in [0.2, 0.25) is 0 Å². The third-order valence-electron chi connectivity index (χ3n) is 7.36. The van der Waals surface area contributed by atoms with Gasteiger partial charge in [0.1, 0.15) is 0 Å². The second-order valence-corrected chi connectivity index (χ2v) is 11.0. The number of hydrogen-bond donors (Lipinski definition) is 0. The molecule has 0 aromatic carbocycles. The fraction of sp³-hybridized carbons (Fsp3) is 0.879. The number of nitrogens with zero attached hydrogens (tertiary/aromatic N) is 1. The maximum absolute atomic E-state index is 2.48. The van der Waals surface area contributed by atoms with Crippen LogP contribution in [0.1, 0.15) is 168 Å². The molecule has 202 valence electrons. The molecule has 0 bridgehead atoms. The summed E-state index contributed by atoms with van der Waals surface area (Å²) in [6.45, 7) is 4.58. The summed E-state index contributed by atoms with van der Waals surface area (Å²) < 4.78 is 0. The number of hydrogen-bond acceptors (Lipinski definition) is 1. The topological polar surface area (TPSA) is 3.24 Å². The van der Waals surface area contributed by atoms with Gasteiger partial charge in [-0.3, -0.25) is 0 Å². The second-order valence-electron chi connectivity index (χ2n) is 11.0. The third-order valence-corrected chi connectivity index (χ3v) is 7.36. The van der Waals surface area contributed by atoms with Crippen LogP contribution in [0, 0.1) is 0 Å². The van der Waals surface area contributed by atoms with Crippen molar-refractivity contribution in [1.29, 1.82) is 0 Å². The summed E-state index contributed by atoms with van der Waals surface area (Å²) in [5, 5.41) is 0. The van der Waals surface area contributed by atoms with Gasteiger partial charge >= 0.3 is 0 Å². The van der Waals surface area contributed by atoms with Gasteiger partial charge in [0.25, 0.3) is 0 Å². The van der Waals surface area contributed by atoms with Gasteiger partial charge in [0.15, 0.2) is 0 Å². The number of allylic oxidation sites excluding steroid dienone is 4. The molecule has 0 aliphatic heterocycles. The van der Waals surface area contributed by atoms with Gasteiger partial charge < -0.3 is 4.90 Å². The SMILES string of the molecule is CCCCC/C=C\CC=CCCCCCCCCCCCC(CCCCCCCCC)N(C)C. The van der Waals surface area contributed by atoms with Gasteiger partial charge in [0, 0.05) is 6.04 Å². The van der Waals surface area contributed by atoms with Crippen molar-refractivity contribution in [2.75, 3.05) is 14.1 Å². The molecule has 0 saturated heterocycles. The van der Waals surface area contributed by atoms with Crippen LogP contribution in [-0.4, -0.2) is 25.0 Å². The highest BCUT2D eigenvalue weighted by Gasteiger charge is 2.10. The van der Waals surface area contributed by atoms with Gasteiger partial charge in [-0.05, 0) is 59.0 Å². The van der Waals surface area contributed by atoms with Crippen LogP contribution < -0.4 is 0 Å². The highest BCUT2D eigenvalue weighted by atomic mass is 15.1. The highest BCUT2D eigenvalue weighted by Crippen LogP contribution is 2.17. The molecule has 0 aliphatic rings.